The molecule has 4 heteroatoms. The maximum Gasteiger partial charge on any atom is 0.236 e. The van der Waals surface area contributed by atoms with Crippen LogP contribution >= 0.6 is 0 Å². The number of rotatable bonds is 0. The highest BCUT2D eigenvalue weighted by atomic mass is 16.2. The number of aliphatic hydroxyl groups excluding tert-OH is 1. The normalized spacial score (nSPS) is 24.3. The molecule has 0 aromatic heterocycles. The summed E-state index contributed by atoms with van der Waals surface area (Å²) < 4.78 is 0. The molecule has 0 aliphatic carbocycles. The molecule has 1 aliphatic heterocycles. The van der Waals surface area contributed by atoms with Gasteiger partial charge in [-0.2, -0.15) is 0 Å². The first-order chi connectivity index (χ1) is 4.30. The molecule has 1 aliphatic rings. The zero-order chi connectivity index (χ0) is 7.28. The number of carbonyl (C=O) groups excluding carboxylic acids is 1. The minimum Gasteiger partial charge on any atom is -0.400 e. The van der Waals surface area contributed by atoms with Gasteiger partial charge in [-0.1, -0.05) is 0 Å². The Hall–Kier alpha value is -0.610. The second-order valence-corrected chi connectivity index (χ2v) is 1.69. The lowest BCUT2D eigenvalue weighted by molar-refractivity contribution is -0.120. The highest BCUT2D eigenvalue weighted by Crippen LogP contribution is 1.92. The Bertz CT molecular complexity index is 95.0. The molecule has 0 spiro atoms. The summed E-state index contributed by atoms with van der Waals surface area (Å²) in [5.74, 6) is -0.0139. The maximum atomic E-state index is 10.3. The molecule has 0 aromatic carbocycles. The molecule has 54 valence electrons. The molecule has 0 radical (unpaired) electrons. The molecule has 1 rings (SSSR count). The summed E-state index contributed by atoms with van der Waals surface area (Å²) in [5.41, 5.74) is 5.27. The van der Waals surface area contributed by atoms with E-state index in [4.69, 9.17) is 10.8 Å². The number of nitrogens with one attached hydrogen (secondary N) is 1. The Morgan fingerprint density at radius 1 is 1.78 bits per heavy atom. The molecule has 1 unspecified atom stereocenters. The van der Waals surface area contributed by atoms with E-state index in [1.807, 2.05) is 0 Å². The van der Waals surface area contributed by atoms with Crippen LogP contribution in [0.5, 0.6) is 0 Å². The van der Waals surface area contributed by atoms with Gasteiger partial charge in [-0.25, -0.2) is 0 Å². The second-order valence-electron chi connectivity index (χ2n) is 1.69. The van der Waals surface area contributed by atoms with Crippen molar-refractivity contribution in [2.75, 3.05) is 13.7 Å². The van der Waals surface area contributed by atoms with Gasteiger partial charge >= 0.3 is 0 Å². The average Bonchev–Trinajstić information content (AvgIpc) is 2.23. The summed E-state index contributed by atoms with van der Waals surface area (Å²) in [7, 11) is 1.00. The molecule has 1 saturated heterocycles. The summed E-state index contributed by atoms with van der Waals surface area (Å²) in [5, 5.41) is 9.61. The zero-order valence-corrected chi connectivity index (χ0v) is 5.42. The Balaban J connectivity index is 0.000000291. The summed E-state index contributed by atoms with van der Waals surface area (Å²) in [6.45, 7) is 0.750. The molecule has 4 nitrogen and oxygen atoms in total. The molecule has 1 heterocycles. The van der Waals surface area contributed by atoms with Gasteiger partial charge in [-0.15, -0.1) is 0 Å². The van der Waals surface area contributed by atoms with Crippen molar-refractivity contribution in [1.29, 1.82) is 0 Å². The number of amides is 1. The highest BCUT2D eigenvalue weighted by Gasteiger charge is 2.18. The van der Waals surface area contributed by atoms with Gasteiger partial charge in [0.1, 0.15) is 0 Å². The van der Waals surface area contributed by atoms with E-state index in [1.54, 1.807) is 0 Å². The largest absolute Gasteiger partial charge is 0.400 e. The Labute approximate surface area is 54.0 Å². The lowest BCUT2D eigenvalue weighted by Crippen LogP contribution is -2.29. The second kappa shape index (κ2) is 4.29. The van der Waals surface area contributed by atoms with Crippen LogP contribution in [0.15, 0.2) is 0 Å². The van der Waals surface area contributed by atoms with Crippen molar-refractivity contribution >= 4 is 5.91 Å². The van der Waals surface area contributed by atoms with E-state index in [0.29, 0.717) is 0 Å². The molecular weight excluding hydrogens is 120 g/mol. The number of carbonyl (C=O) groups is 1. The van der Waals surface area contributed by atoms with Crippen LogP contribution < -0.4 is 11.1 Å². The first-order valence-corrected chi connectivity index (χ1v) is 2.79. The number of aliphatic hydroxyl groups is 1. The molecule has 1 amide bonds. The summed E-state index contributed by atoms with van der Waals surface area (Å²) in [4.78, 5) is 10.3. The monoisotopic (exact) mass is 132 g/mol. The molecule has 0 bridgehead atoms. The molecule has 1 fully saturated rings. The predicted molar refractivity (Wildman–Crippen MR) is 33.7 cm³/mol. The number of nitrogens with two attached hydrogens (primary N) is 1. The van der Waals surface area contributed by atoms with Crippen molar-refractivity contribution < 1.29 is 9.90 Å². The number of hydrogen-bond donors (Lipinski definition) is 3. The standard InChI is InChI=1S/C4H8N2O.CH4O/c5-3-1-2-6-4(3)7;1-2/h3H,1-2,5H2,(H,6,7);2H,1H3. The lowest BCUT2D eigenvalue weighted by Gasteiger charge is -1.91. The molecule has 0 aromatic rings. The average molecular weight is 132 g/mol. The Morgan fingerprint density at radius 2 is 2.33 bits per heavy atom. The van der Waals surface area contributed by atoms with Crippen molar-refractivity contribution in [3.8, 4) is 0 Å². The maximum absolute atomic E-state index is 10.3. The first-order valence-electron chi connectivity index (χ1n) is 2.79. The smallest absolute Gasteiger partial charge is 0.236 e. The first kappa shape index (κ1) is 8.39. The molecule has 0 saturated carbocycles. The van der Waals surface area contributed by atoms with E-state index < -0.39 is 0 Å². The highest BCUT2D eigenvalue weighted by molar-refractivity contribution is 5.83. The van der Waals surface area contributed by atoms with Crippen LogP contribution in [-0.4, -0.2) is 30.7 Å². The van der Waals surface area contributed by atoms with E-state index in [9.17, 15) is 4.79 Å². The molecular formula is C5H12N2O2. The van der Waals surface area contributed by atoms with Crippen molar-refractivity contribution in [2.24, 2.45) is 5.73 Å². The molecule has 1 atom stereocenters. The fourth-order valence-electron chi connectivity index (χ4n) is 0.613. The molecule has 4 N–H and O–H groups in total. The fourth-order valence-corrected chi connectivity index (χ4v) is 0.613. The van der Waals surface area contributed by atoms with Crippen LogP contribution in [0.1, 0.15) is 6.42 Å². The third kappa shape index (κ3) is 2.43. The van der Waals surface area contributed by atoms with Gasteiger partial charge in [0.25, 0.3) is 0 Å². The summed E-state index contributed by atoms with van der Waals surface area (Å²) in [6, 6.07) is -0.236. The van der Waals surface area contributed by atoms with Gasteiger partial charge in [0.15, 0.2) is 0 Å². The third-order valence-corrected chi connectivity index (χ3v) is 1.09. The lowest BCUT2D eigenvalue weighted by atomic mass is 10.3. The quantitative estimate of drug-likeness (QED) is 0.373. The van der Waals surface area contributed by atoms with Crippen molar-refractivity contribution in [3.63, 3.8) is 0 Å². The van der Waals surface area contributed by atoms with Crippen LogP contribution in [0.4, 0.5) is 0 Å². The van der Waals surface area contributed by atoms with Crippen LogP contribution in [0.2, 0.25) is 0 Å². The van der Waals surface area contributed by atoms with E-state index in [-0.39, 0.29) is 11.9 Å². The minimum atomic E-state index is -0.236. The van der Waals surface area contributed by atoms with Crippen LogP contribution in [0, 0.1) is 0 Å². The van der Waals surface area contributed by atoms with Crippen LogP contribution in [-0.2, 0) is 4.79 Å². The number of hydrogen-bond acceptors (Lipinski definition) is 3. The van der Waals surface area contributed by atoms with Crippen molar-refractivity contribution in [1.82, 2.24) is 5.32 Å². The molecule has 9 heavy (non-hydrogen) atoms. The summed E-state index contributed by atoms with van der Waals surface area (Å²) in [6.07, 6.45) is 0.791. The van der Waals surface area contributed by atoms with Crippen LogP contribution in [0.3, 0.4) is 0 Å². The van der Waals surface area contributed by atoms with E-state index in [2.05, 4.69) is 5.32 Å². The van der Waals surface area contributed by atoms with E-state index in [1.165, 1.54) is 0 Å². The van der Waals surface area contributed by atoms with Gasteiger partial charge in [0, 0.05) is 13.7 Å². The van der Waals surface area contributed by atoms with Gasteiger partial charge in [-0.3, -0.25) is 4.79 Å². The fraction of sp³-hybridized carbons (Fsp3) is 0.800. The summed E-state index contributed by atoms with van der Waals surface area (Å²) >= 11 is 0. The van der Waals surface area contributed by atoms with Crippen molar-refractivity contribution in [2.45, 2.75) is 12.5 Å². The van der Waals surface area contributed by atoms with E-state index >= 15 is 0 Å². The van der Waals surface area contributed by atoms with Gasteiger partial charge in [-0.05, 0) is 6.42 Å². The topological polar surface area (TPSA) is 75.3 Å². The Kier molecular flexibility index (Phi) is 4.00. The zero-order valence-electron chi connectivity index (χ0n) is 5.42. The predicted octanol–water partition coefficient (Wildman–Crippen LogP) is -1.56. The van der Waals surface area contributed by atoms with Crippen LogP contribution in [0.25, 0.3) is 0 Å². The van der Waals surface area contributed by atoms with E-state index in [0.717, 1.165) is 20.1 Å². The third-order valence-electron chi connectivity index (χ3n) is 1.09. The SMILES string of the molecule is CO.NC1CCNC1=O. The minimum absolute atomic E-state index is 0.0139. The van der Waals surface area contributed by atoms with Gasteiger partial charge in [0.05, 0.1) is 6.04 Å². The van der Waals surface area contributed by atoms with Gasteiger partial charge < -0.3 is 16.2 Å². The van der Waals surface area contributed by atoms with Gasteiger partial charge in [0.2, 0.25) is 5.91 Å². The Morgan fingerprint density at radius 3 is 2.44 bits per heavy atom. The van der Waals surface area contributed by atoms with Crippen molar-refractivity contribution in [3.05, 3.63) is 0 Å².